The van der Waals surface area contributed by atoms with Crippen LogP contribution in [0.2, 0.25) is 0 Å². The fraction of sp³-hybridized carbons (Fsp3) is 0.364. The van der Waals surface area contributed by atoms with E-state index in [1.807, 2.05) is 18.3 Å². The third kappa shape index (κ3) is 5.20. The molecule has 2 heterocycles. The van der Waals surface area contributed by atoms with Crippen LogP contribution in [-0.4, -0.2) is 26.1 Å². The molecule has 6 heteroatoms. The highest BCUT2D eigenvalue weighted by molar-refractivity contribution is 7.85. The lowest BCUT2D eigenvalue weighted by Gasteiger charge is -2.22. The van der Waals surface area contributed by atoms with E-state index >= 15 is 0 Å². The molecule has 0 atom stereocenters. The first-order valence-corrected chi connectivity index (χ1v) is 12.0. The summed E-state index contributed by atoms with van der Waals surface area (Å²) in [6.45, 7) is 6.43. The zero-order valence-corrected chi connectivity index (χ0v) is 17.9. The van der Waals surface area contributed by atoms with Gasteiger partial charge in [0.1, 0.15) is 0 Å². The molecule has 150 valence electrons. The fourth-order valence-corrected chi connectivity index (χ4v) is 4.98. The van der Waals surface area contributed by atoms with Gasteiger partial charge in [0.05, 0.1) is 4.90 Å². The molecule has 0 unspecified atom stereocenters. The summed E-state index contributed by atoms with van der Waals surface area (Å²) in [6, 6.07) is 13.0. The van der Waals surface area contributed by atoms with Crippen molar-refractivity contribution < 1.29 is 13.0 Å². The van der Waals surface area contributed by atoms with Gasteiger partial charge >= 0.3 is 0 Å². The molecule has 1 aliphatic heterocycles. The Labute approximate surface area is 171 Å². The third-order valence-electron chi connectivity index (χ3n) is 5.17. The second-order valence-corrected chi connectivity index (χ2v) is 9.52. The largest absolute Gasteiger partial charge is 0.317 e. The first-order chi connectivity index (χ1) is 13.4. The molecular formula is C22H27NO3S2. The van der Waals surface area contributed by atoms with E-state index in [2.05, 4.69) is 35.8 Å². The zero-order valence-electron chi connectivity index (χ0n) is 16.3. The fourth-order valence-electron chi connectivity index (χ4n) is 3.48. The van der Waals surface area contributed by atoms with E-state index < -0.39 is 10.1 Å². The number of hydrogen-bond donors (Lipinski definition) is 2. The van der Waals surface area contributed by atoms with E-state index in [4.69, 9.17) is 4.55 Å². The van der Waals surface area contributed by atoms with Crippen molar-refractivity contribution in [3.05, 3.63) is 64.5 Å². The normalized spacial score (nSPS) is 15.2. The smallest absolute Gasteiger partial charge is 0.294 e. The number of benzene rings is 2. The summed E-state index contributed by atoms with van der Waals surface area (Å²) in [5, 5.41) is 7.35. The van der Waals surface area contributed by atoms with Gasteiger partial charge in [0.25, 0.3) is 10.1 Å². The van der Waals surface area contributed by atoms with Crippen molar-refractivity contribution >= 4 is 31.5 Å². The van der Waals surface area contributed by atoms with Crippen LogP contribution in [0.4, 0.5) is 0 Å². The van der Waals surface area contributed by atoms with Crippen LogP contribution in [0.25, 0.3) is 10.1 Å². The van der Waals surface area contributed by atoms with Crippen LogP contribution >= 0.6 is 11.3 Å². The SMILES string of the molecule is CCc1ccc2scc(C3CCNCC3)c2c1.Cc1ccc(S(=O)(=O)O)cc1. The monoisotopic (exact) mass is 417 g/mol. The molecule has 1 fully saturated rings. The molecule has 3 aromatic rings. The first kappa shape index (κ1) is 21.0. The minimum atomic E-state index is -4.02. The van der Waals surface area contributed by atoms with Gasteiger partial charge in [-0.15, -0.1) is 11.3 Å². The Morgan fingerprint density at radius 1 is 1.11 bits per heavy atom. The average molecular weight is 418 g/mol. The molecule has 0 spiro atoms. The number of rotatable bonds is 3. The molecule has 4 rings (SSSR count). The maximum Gasteiger partial charge on any atom is 0.294 e. The average Bonchev–Trinajstić information content (AvgIpc) is 3.12. The summed E-state index contributed by atoms with van der Waals surface area (Å²) in [7, 11) is -4.02. The molecule has 0 radical (unpaired) electrons. The summed E-state index contributed by atoms with van der Waals surface area (Å²) in [5.41, 5.74) is 4.02. The van der Waals surface area contributed by atoms with Crippen LogP contribution in [0.1, 0.15) is 42.4 Å². The van der Waals surface area contributed by atoms with Crippen LogP contribution in [0.5, 0.6) is 0 Å². The van der Waals surface area contributed by atoms with Crippen molar-refractivity contribution in [3.63, 3.8) is 0 Å². The van der Waals surface area contributed by atoms with E-state index in [0.717, 1.165) is 17.9 Å². The minimum absolute atomic E-state index is 0.0666. The summed E-state index contributed by atoms with van der Waals surface area (Å²) >= 11 is 1.91. The van der Waals surface area contributed by atoms with Crippen molar-refractivity contribution in [1.29, 1.82) is 0 Å². The van der Waals surface area contributed by atoms with Gasteiger partial charge in [-0.2, -0.15) is 8.42 Å². The maximum absolute atomic E-state index is 10.5. The van der Waals surface area contributed by atoms with Crippen molar-refractivity contribution in [1.82, 2.24) is 5.32 Å². The molecule has 1 aliphatic rings. The molecule has 0 bridgehead atoms. The van der Waals surface area contributed by atoms with Gasteiger partial charge in [0, 0.05) is 4.70 Å². The van der Waals surface area contributed by atoms with Crippen molar-refractivity contribution in [2.75, 3.05) is 13.1 Å². The van der Waals surface area contributed by atoms with E-state index in [0.29, 0.717) is 0 Å². The standard InChI is InChI=1S/C15H19NS.C7H8O3S/c1-2-11-3-4-15-13(9-11)14(10-17-15)12-5-7-16-8-6-12;1-6-2-4-7(5-3-6)11(8,9)10/h3-4,9-10,12,16H,2,5-8H2,1H3;2-5H,1H3,(H,8,9,10). The quantitative estimate of drug-likeness (QED) is 0.577. The molecule has 0 amide bonds. The number of thiophene rings is 1. The highest BCUT2D eigenvalue weighted by atomic mass is 32.2. The van der Waals surface area contributed by atoms with Crippen LogP contribution in [0, 0.1) is 6.92 Å². The Bertz CT molecular complexity index is 1020. The van der Waals surface area contributed by atoms with Crippen LogP contribution < -0.4 is 5.32 Å². The highest BCUT2D eigenvalue weighted by Crippen LogP contribution is 2.36. The Morgan fingerprint density at radius 2 is 1.79 bits per heavy atom. The molecule has 2 N–H and O–H groups in total. The van der Waals surface area contributed by atoms with E-state index in [1.54, 1.807) is 17.7 Å². The maximum atomic E-state index is 10.5. The molecule has 1 saturated heterocycles. The molecule has 4 nitrogen and oxygen atoms in total. The predicted molar refractivity (Wildman–Crippen MR) is 117 cm³/mol. The zero-order chi connectivity index (χ0) is 20.1. The predicted octanol–water partition coefficient (Wildman–Crippen LogP) is 5.17. The van der Waals surface area contributed by atoms with Gasteiger partial charge in [-0.1, -0.05) is 36.8 Å². The summed E-state index contributed by atoms with van der Waals surface area (Å²) < 4.78 is 31.0. The van der Waals surface area contributed by atoms with Gasteiger partial charge in [-0.3, -0.25) is 4.55 Å². The Balaban J connectivity index is 0.000000178. The van der Waals surface area contributed by atoms with E-state index in [-0.39, 0.29) is 4.90 Å². The lowest BCUT2D eigenvalue weighted by molar-refractivity contribution is 0.463. The lowest BCUT2D eigenvalue weighted by atomic mass is 9.89. The summed E-state index contributed by atoms with van der Waals surface area (Å²) in [4.78, 5) is -0.0666. The number of fused-ring (bicyclic) bond motifs is 1. The van der Waals surface area contributed by atoms with Crippen molar-refractivity contribution in [3.8, 4) is 0 Å². The molecular weight excluding hydrogens is 390 g/mol. The Kier molecular flexibility index (Phi) is 6.88. The number of piperidine rings is 1. The first-order valence-electron chi connectivity index (χ1n) is 9.63. The topological polar surface area (TPSA) is 66.4 Å². The molecule has 0 saturated carbocycles. The third-order valence-corrected chi connectivity index (χ3v) is 7.02. The van der Waals surface area contributed by atoms with Crippen LogP contribution in [-0.2, 0) is 16.5 Å². The lowest BCUT2D eigenvalue weighted by Crippen LogP contribution is -2.26. The number of hydrogen-bond acceptors (Lipinski definition) is 4. The number of nitrogens with one attached hydrogen (secondary N) is 1. The summed E-state index contributed by atoms with van der Waals surface area (Å²) in [5.74, 6) is 0.775. The van der Waals surface area contributed by atoms with Gasteiger partial charge in [0.2, 0.25) is 0 Å². The molecule has 0 aliphatic carbocycles. The molecule has 1 aromatic heterocycles. The second-order valence-electron chi connectivity index (χ2n) is 7.19. The van der Waals surface area contributed by atoms with Crippen LogP contribution in [0.3, 0.4) is 0 Å². The Morgan fingerprint density at radius 3 is 2.39 bits per heavy atom. The van der Waals surface area contributed by atoms with Crippen molar-refractivity contribution in [2.24, 2.45) is 0 Å². The van der Waals surface area contributed by atoms with Gasteiger partial charge in [-0.25, -0.2) is 0 Å². The van der Waals surface area contributed by atoms with Crippen LogP contribution in [0.15, 0.2) is 52.7 Å². The second kappa shape index (κ2) is 9.18. The number of aryl methyl sites for hydroxylation is 2. The van der Waals surface area contributed by atoms with Gasteiger partial charge in [-0.05, 0) is 85.3 Å². The van der Waals surface area contributed by atoms with Gasteiger partial charge in [0.15, 0.2) is 0 Å². The minimum Gasteiger partial charge on any atom is -0.317 e. The van der Waals surface area contributed by atoms with Gasteiger partial charge < -0.3 is 5.32 Å². The van der Waals surface area contributed by atoms with E-state index in [9.17, 15) is 8.42 Å². The van der Waals surface area contributed by atoms with Crippen molar-refractivity contribution in [2.45, 2.75) is 43.9 Å². The summed E-state index contributed by atoms with van der Waals surface area (Å²) in [6.07, 6.45) is 3.72. The highest BCUT2D eigenvalue weighted by Gasteiger charge is 2.18. The molecule has 2 aromatic carbocycles. The van der Waals surface area contributed by atoms with E-state index in [1.165, 1.54) is 53.7 Å². The molecule has 28 heavy (non-hydrogen) atoms. The Hall–Kier alpha value is -1.73.